The highest BCUT2D eigenvalue weighted by atomic mass is 35.5. The van der Waals surface area contributed by atoms with Gasteiger partial charge in [0.25, 0.3) is 0 Å². The second-order valence-corrected chi connectivity index (χ2v) is 6.72. The fraction of sp³-hybridized carbons (Fsp3) is 0.118. The van der Waals surface area contributed by atoms with E-state index in [2.05, 4.69) is 22.3 Å². The molecule has 4 nitrogen and oxygen atoms in total. The number of halogens is 2. The van der Waals surface area contributed by atoms with E-state index in [1.807, 2.05) is 18.2 Å². The highest BCUT2D eigenvalue weighted by molar-refractivity contribution is 7.71. The highest BCUT2D eigenvalue weighted by Crippen LogP contribution is 2.30. The van der Waals surface area contributed by atoms with Crippen molar-refractivity contribution in [2.24, 2.45) is 5.10 Å². The minimum absolute atomic E-state index is 0.424. The number of aryl methyl sites for hydroxylation is 1. The molecule has 0 amide bonds. The van der Waals surface area contributed by atoms with Gasteiger partial charge in [-0.25, -0.2) is 5.10 Å². The van der Waals surface area contributed by atoms with E-state index in [-0.39, 0.29) is 0 Å². The maximum Gasteiger partial charge on any atom is 0.216 e. The number of aromatic amines is 1. The van der Waals surface area contributed by atoms with E-state index in [0.29, 0.717) is 20.6 Å². The Hall–Kier alpha value is -1.95. The molecule has 1 N–H and O–H groups in total. The van der Waals surface area contributed by atoms with Gasteiger partial charge in [0.1, 0.15) is 0 Å². The standard InChI is InChI=1S/C17H12Cl2N4S/c18-11-6-7-13(14(19)9-11)16-20-21-17(24)23(16)22-15-8-5-10-3-1-2-4-12(10)15/h1-4,6-7,9H,5,8H2,(H,21,24)/b22-15+. The number of benzene rings is 2. The molecular formula is C17H12Cl2N4S. The number of aromatic nitrogens is 3. The van der Waals surface area contributed by atoms with E-state index < -0.39 is 0 Å². The van der Waals surface area contributed by atoms with Gasteiger partial charge >= 0.3 is 0 Å². The fourth-order valence-corrected chi connectivity index (χ4v) is 3.53. The van der Waals surface area contributed by atoms with Gasteiger partial charge in [-0.3, -0.25) is 0 Å². The molecule has 24 heavy (non-hydrogen) atoms. The van der Waals surface area contributed by atoms with Crippen molar-refractivity contribution in [1.82, 2.24) is 14.9 Å². The van der Waals surface area contributed by atoms with Crippen molar-refractivity contribution in [1.29, 1.82) is 0 Å². The monoisotopic (exact) mass is 374 g/mol. The summed E-state index contributed by atoms with van der Waals surface area (Å²) in [7, 11) is 0. The first-order valence-electron chi connectivity index (χ1n) is 7.42. The van der Waals surface area contributed by atoms with Crippen molar-refractivity contribution in [3.63, 3.8) is 0 Å². The van der Waals surface area contributed by atoms with E-state index in [1.54, 1.807) is 16.8 Å². The average molecular weight is 375 g/mol. The predicted molar refractivity (Wildman–Crippen MR) is 99.6 cm³/mol. The molecule has 1 heterocycles. The molecule has 0 unspecified atom stereocenters. The second kappa shape index (κ2) is 6.16. The lowest BCUT2D eigenvalue weighted by molar-refractivity contribution is 0.859. The van der Waals surface area contributed by atoms with Gasteiger partial charge in [0.15, 0.2) is 5.82 Å². The Morgan fingerprint density at radius 3 is 2.75 bits per heavy atom. The molecule has 1 aromatic heterocycles. The first-order valence-corrected chi connectivity index (χ1v) is 8.59. The number of hydrogen-bond acceptors (Lipinski definition) is 3. The van der Waals surface area contributed by atoms with Gasteiger partial charge < -0.3 is 0 Å². The van der Waals surface area contributed by atoms with Crippen LogP contribution < -0.4 is 0 Å². The number of nitrogens with one attached hydrogen (secondary N) is 1. The van der Waals surface area contributed by atoms with Gasteiger partial charge in [0.2, 0.25) is 4.77 Å². The third-order valence-corrected chi connectivity index (χ3v) is 4.81. The van der Waals surface area contributed by atoms with Crippen LogP contribution in [0.2, 0.25) is 10.0 Å². The van der Waals surface area contributed by atoms with Crippen molar-refractivity contribution in [3.05, 3.63) is 68.4 Å². The third kappa shape index (κ3) is 2.69. The molecule has 4 rings (SSSR count). The van der Waals surface area contributed by atoms with Crippen LogP contribution in [-0.4, -0.2) is 20.6 Å². The third-order valence-electron chi connectivity index (χ3n) is 4.00. The molecular weight excluding hydrogens is 363 g/mol. The molecule has 0 bridgehead atoms. The molecule has 0 spiro atoms. The Labute approximate surface area is 153 Å². The van der Waals surface area contributed by atoms with Crippen LogP contribution in [0.4, 0.5) is 0 Å². The van der Waals surface area contributed by atoms with Crippen molar-refractivity contribution < 1.29 is 0 Å². The van der Waals surface area contributed by atoms with Crippen LogP contribution in [0.1, 0.15) is 17.5 Å². The van der Waals surface area contributed by atoms with Crippen molar-refractivity contribution >= 4 is 41.1 Å². The molecule has 0 aliphatic heterocycles. The van der Waals surface area contributed by atoms with E-state index in [1.165, 1.54) is 5.56 Å². The molecule has 0 radical (unpaired) electrons. The SMILES string of the molecule is S=c1[nH]nc(-c2ccc(Cl)cc2Cl)n1/N=C1\CCc2ccccc21. The number of fused-ring (bicyclic) bond motifs is 1. The topological polar surface area (TPSA) is 46.0 Å². The van der Waals surface area contributed by atoms with E-state index in [9.17, 15) is 0 Å². The summed E-state index contributed by atoms with van der Waals surface area (Å²) in [5.74, 6) is 0.568. The summed E-state index contributed by atoms with van der Waals surface area (Å²) >= 11 is 17.6. The van der Waals surface area contributed by atoms with Gasteiger partial charge in [0, 0.05) is 16.1 Å². The van der Waals surface area contributed by atoms with Crippen LogP contribution in [0.25, 0.3) is 11.4 Å². The Morgan fingerprint density at radius 1 is 1.08 bits per heavy atom. The van der Waals surface area contributed by atoms with Crippen LogP contribution in [0.15, 0.2) is 47.6 Å². The zero-order chi connectivity index (χ0) is 16.7. The van der Waals surface area contributed by atoms with Gasteiger partial charge in [-0.05, 0) is 48.8 Å². The number of rotatable bonds is 2. The first kappa shape index (κ1) is 15.6. The molecule has 0 saturated heterocycles. The summed E-state index contributed by atoms with van der Waals surface area (Å²) in [5.41, 5.74) is 4.18. The van der Waals surface area contributed by atoms with E-state index in [4.69, 9.17) is 40.5 Å². The summed E-state index contributed by atoms with van der Waals surface area (Å²) in [4.78, 5) is 0. The quantitative estimate of drug-likeness (QED) is 0.633. The summed E-state index contributed by atoms with van der Waals surface area (Å²) in [6.45, 7) is 0. The number of H-pyrrole nitrogens is 1. The van der Waals surface area contributed by atoms with Gasteiger partial charge in [-0.15, -0.1) is 0 Å². The zero-order valence-corrected chi connectivity index (χ0v) is 14.8. The summed E-state index contributed by atoms with van der Waals surface area (Å²) < 4.78 is 2.05. The lowest BCUT2D eigenvalue weighted by Gasteiger charge is -2.06. The molecule has 7 heteroatoms. The molecule has 1 aliphatic rings. The smallest absolute Gasteiger partial charge is 0.216 e. The van der Waals surface area contributed by atoms with Gasteiger partial charge in [0.05, 0.1) is 10.7 Å². The van der Waals surface area contributed by atoms with Crippen LogP contribution >= 0.6 is 35.4 Å². The van der Waals surface area contributed by atoms with Gasteiger partial charge in [-0.2, -0.15) is 14.9 Å². The molecule has 1 aliphatic carbocycles. The largest absolute Gasteiger partial charge is 0.250 e. The minimum Gasteiger partial charge on any atom is -0.250 e. The van der Waals surface area contributed by atoms with Crippen LogP contribution in [-0.2, 0) is 6.42 Å². The lowest BCUT2D eigenvalue weighted by Crippen LogP contribution is -2.02. The second-order valence-electron chi connectivity index (χ2n) is 5.49. The number of hydrogen-bond donors (Lipinski definition) is 1. The Bertz CT molecular complexity index is 1020. The Balaban J connectivity index is 1.85. The van der Waals surface area contributed by atoms with E-state index in [0.717, 1.165) is 29.7 Å². The summed E-state index contributed by atoms with van der Waals surface area (Å²) in [6, 6.07) is 13.5. The normalized spacial score (nSPS) is 15.0. The molecule has 0 fully saturated rings. The molecule has 0 atom stereocenters. The van der Waals surface area contributed by atoms with Crippen molar-refractivity contribution in [2.45, 2.75) is 12.8 Å². The fourth-order valence-electron chi connectivity index (χ4n) is 2.86. The van der Waals surface area contributed by atoms with Gasteiger partial charge in [-0.1, -0.05) is 47.5 Å². The molecule has 120 valence electrons. The van der Waals surface area contributed by atoms with Crippen LogP contribution in [0.5, 0.6) is 0 Å². The lowest BCUT2D eigenvalue weighted by atomic mass is 10.1. The summed E-state index contributed by atoms with van der Waals surface area (Å²) in [6.07, 6.45) is 1.86. The minimum atomic E-state index is 0.424. The van der Waals surface area contributed by atoms with Crippen molar-refractivity contribution in [3.8, 4) is 11.4 Å². The first-order chi connectivity index (χ1) is 11.6. The Kier molecular flexibility index (Phi) is 4.00. The summed E-state index contributed by atoms with van der Waals surface area (Å²) in [5, 5.41) is 12.9. The van der Waals surface area contributed by atoms with E-state index >= 15 is 0 Å². The zero-order valence-electron chi connectivity index (χ0n) is 12.5. The maximum absolute atomic E-state index is 6.31. The molecule has 2 aromatic carbocycles. The molecule has 3 aromatic rings. The van der Waals surface area contributed by atoms with Crippen LogP contribution in [0, 0.1) is 4.77 Å². The molecule has 0 saturated carbocycles. The van der Waals surface area contributed by atoms with Crippen molar-refractivity contribution in [2.75, 3.05) is 0 Å². The Morgan fingerprint density at radius 2 is 1.92 bits per heavy atom. The highest BCUT2D eigenvalue weighted by Gasteiger charge is 2.19. The van der Waals surface area contributed by atoms with Crippen LogP contribution in [0.3, 0.4) is 0 Å². The maximum atomic E-state index is 6.31. The number of nitrogens with zero attached hydrogens (tertiary/aromatic N) is 3. The average Bonchev–Trinajstić information content (AvgIpc) is 3.13. The predicted octanol–water partition coefficient (Wildman–Crippen LogP) is 5.11.